The Balaban J connectivity index is 1.70. The molecule has 0 radical (unpaired) electrons. The highest BCUT2D eigenvalue weighted by Gasteiger charge is 2.55. The zero-order valence-corrected chi connectivity index (χ0v) is 30.7. The molecule has 1 aliphatic carbocycles. The van der Waals surface area contributed by atoms with Gasteiger partial charge in [0.1, 0.15) is 73.8 Å². The molecular formula is C34H61O17P. The molecule has 10 N–H and O–H groups in total. The predicted octanol–water partition coefficient (Wildman–Crippen LogP) is 0.239. The Morgan fingerprint density at radius 2 is 1.29 bits per heavy atom. The molecule has 304 valence electrons. The summed E-state index contributed by atoms with van der Waals surface area (Å²) in [5, 5.41) is 91.3. The zero-order valence-electron chi connectivity index (χ0n) is 29.8. The molecule has 6 unspecified atom stereocenters. The maximum atomic E-state index is 12.7. The number of hydrogen-bond acceptors (Lipinski definition) is 16. The van der Waals surface area contributed by atoms with Crippen molar-refractivity contribution >= 4 is 13.8 Å². The lowest BCUT2D eigenvalue weighted by Gasteiger charge is -2.47. The van der Waals surface area contributed by atoms with E-state index in [1.165, 1.54) is 25.7 Å². The first kappa shape index (κ1) is 46.8. The van der Waals surface area contributed by atoms with Crippen molar-refractivity contribution in [3.63, 3.8) is 0 Å². The average molecular weight is 773 g/mol. The Labute approximate surface area is 305 Å². The van der Waals surface area contributed by atoms with Gasteiger partial charge in [-0.2, -0.15) is 0 Å². The molecule has 0 aromatic carbocycles. The third-order valence-corrected chi connectivity index (χ3v) is 9.87. The van der Waals surface area contributed by atoms with E-state index in [0.717, 1.165) is 44.9 Å². The normalized spacial score (nSPS) is 33.0. The van der Waals surface area contributed by atoms with Crippen LogP contribution in [-0.2, 0) is 32.6 Å². The largest absolute Gasteiger partial charge is 0.472 e. The monoisotopic (exact) mass is 772 g/mol. The summed E-state index contributed by atoms with van der Waals surface area (Å²) in [6.45, 7) is -0.0930. The lowest BCUT2D eigenvalue weighted by atomic mass is 9.84. The second-order valence-electron chi connectivity index (χ2n) is 13.3. The molecular weight excluding hydrogens is 711 g/mol. The number of phosphoric acid groups is 1. The summed E-state index contributed by atoms with van der Waals surface area (Å²) in [6.07, 6.45) is -1.77. The summed E-state index contributed by atoms with van der Waals surface area (Å²) in [7, 11) is -5.25. The Kier molecular flexibility index (Phi) is 22.4. The summed E-state index contributed by atoms with van der Waals surface area (Å²) in [5.41, 5.74) is 0. The van der Waals surface area contributed by atoms with E-state index in [-0.39, 0.29) is 6.42 Å². The second kappa shape index (κ2) is 24.9. The van der Waals surface area contributed by atoms with E-state index in [0.29, 0.717) is 6.42 Å². The summed E-state index contributed by atoms with van der Waals surface area (Å²) < 4.78 is 38.0. The summed E-state index contributed by atoms with van der Waals surface area (Å²) in [5.74, 6) is -0.580. The van der Waals surface area contributed by atoms with Crippen molar-refractivity contribution in [2.24, 2.45) is 0 Å². The van der Waals surface area contributed by atoms with E-state index < -0.39 is 107 Å². The number of allylic oxidation sites excluding steroid dienone is 4. The molecule has 1 saturated carbocycles. The fourth-order valence-corrected chi connectivity index (χ4v) is 6.70. The number of esters is 1. The van der Waals surface area contributed by atoms with Gasteiger partial charge in [-0.3, -0.25) is 13.8 Å². The number of aliphatic hydroxyl groups excluding tert-OH is 9. The van der Waals surface area contributed by atoms with Gasteiger partial charge in [-0.15, -0.1) is 0 Å². The van der Waals surface area contributed by atoms with Crippen LogP contribution in [0.5, 0.6) is 0 Å². The Hall–Kier alpha value is -1.38. The number of aliphatic hydroxyl groups is 9. The van der Waals surface area contributed by atoms with Crippen LogP contribution in [-0.4, -0.2) is 150 Å². The van der Waals surface area contributed by atoms with Crippen molar-refractivity contribution in [2.45, 2.75) is 164 Å². The van der Waals surface area contributed by atoms with Crippen LogP contribution >= 0.6 is 7.82 Å². The Bertz CT molecular complexity index is 1090. The molecule has 1 aliphatic heterocycles. The van der Waals surface area contributed by atoms with E-state index in [4.69, 9.17) is 23.3 Å². The average Bonchev–Trinajstić information content (AvgIpc) is 3.12. The minimum atomic E-state index is -5.25. The van der Waals surface area contributed by atoms with Gasteiger partial charge in [0, 0.05) is 6.42 Å². The first-order valence-electron chi connectivity index (χ1n) is 18.2. The smallest absolute Gasteiger partial charge is 0.463 e. The van der Waals surface area contributed by atoms with Gasteiger partial charge in [-0.1, -0.05) is 69.8 Å². The zero-order chi connectivity index (χ0) is 38.7. The van der Waals surface area contributed by atoms with Crippen LogP contribution < -0.4 is 0 Å². The van der Waals surface area contributed by atoms with Crippen LogP contribution in [0.1, 0.15) is 90.4 Å². The SMILES string of the molecule is CCCCCC/C=C\C/C=C\CCCCCCCC(=O)OC[C@@H](O)COP(=O)(O)O[C@@H]1C(O)C(O)[C@@H](O)C(O)[C@H]1O[C@H]1OC(CO)[C@@H](O)C(O)[C@H]1O. The van der Waals surface area contributed by atoms with Crippen LogP contribution in [0.3, 0.4) is 0 Å². The summed E-state index contributed by atoms with van der Waals surface area (Å²) >= 11 is 0. The molecule has 18 heteroatoms. The van der Waals surface area contributed by atoms with Gasteiger partial charge in [0.15, 0.2) is 6.29 Å². The highest BCUT2D eigenvalue weighted by atomic mass is 31.2. The van der Waals surface area contributed by atoms with E-state index in [2.05, 4.69) is 31.2 Å². The number of carbonyl (C=O) groups is 1. The first-order chi connectivity index (χ1) is 24.7. The molecule has 0 aromatic rings. The van der Waals surface area contributed by atoms with E-state index >= 15 is 0 Å². The molecule has 2 rings (SSSR count). The van der Waals surface area contributed by atoms with Gasteiger partial charge in [-0.25, -0.2) is 4.57 Å². The maximum absolute atomic E-state index is 12.7. The van der Waals surface area contributed by atoms with Gasteiger partial charge < -0.3 is 65.1 Å². The molecule has 0 aromatic heterocycles. The van der Waals surface area contributed by atoms with Crippen LogP contribution in [0.4, 0.5) is 0 Å². The lowest BCUT2D eigenvalue weighted by Crippen LogP contribution is -2.67. The molecule has 17 nitrogen and oxygen atoms in total. The second-order valence-corrected chi connectivity index (χ2v) is 14.7. The fourth-order valence-electron chi connectivity index (χ4n) is 5.73. The van der Waals surface area contributed by atoms with E-state index in [9.17, 15) is 60.2 Å². The van der Waals surface area contributed by atoms with E-state index in [1.54, 1.807) is 0 Å². The number of carbonyl (C=O) groups excluding carboxylic acids is 1. The molecule has 0 spiro atoms. The van der Waals surface area contributed by atoms with Gasteiger partial charge in [-0.05, 0) is 38.5 Å². The number of ether oxygens (including phenoxy) is 3. The molecule has 13 atom stereocenters. The van der Waals surface area contributed by atoms with Crippen LogP contribution in [0, 0.1) is 0 Å². The van der Waals surface area contributed by atoms with Crippen molar-refractivity contribution in [3.8, 4) is 0 Å². The van der Waals surface area contributed by atoms with Gasteiger partial charge in [0.2, 0.25) is 0 Å². The molecule has 1 heterocycles. The minimum absolute atomic E-state index is 0.117. The summed E-state index contributed by atoms with van der Waals surface area (Å²) in [6, 6.07) is 0. The topological polar surface area (TPSA) is 283 Å². The highest BCUT2D eigenvalue weighted by molar-refractivity contribution is 7.47. The van der Waals surface area contributed by atoms with Gasteiger partial charge in [0.25, 0.3) is 0 Å². The van der Waals surface area contributed by atoms with Crippen molar-refractivity contribution in [1.82, 2.24) is 0 Å². The van der Waals surface area contributed by atoms with Gasteiger partial charge >= 0.3 is 13.8 Å². The highest BCUT2D eigenvalue weighted by Crippen LogP contribution is 2.47. The summed E-state index contributed by atoms with van der Waals surface area (Å²) in [4.78, 5) is 22.4. The number of phosphoric ester groups is 1. The Morgan fingerprint density at radius 3 is 1.90 bits per heavy atom. The third-order valence-electron chi connectivity index (χ3n) is 8.89. The molecule has 0 bridgehead atoms. The van der Waals surface area contributed by atoms with Crippen molar-refractivity contribution in [1.29, 1.82) is 0 Å². The first-order valence-corrected chi connectivity index (χ1v) is 19.7. The third kappa shape index (κ3) is 16.2. The molecule has 0 amide bonds. The Morgan fingerprint density at radius 1 is 0.731 bits per heavy atom. The minimum Gasteiger partial charge on any atom is -0.463 e. The predicted molar refractivity (Wildman–Crippen MR) is 184 cm³/mol. The van der Waals surface area contributed by atoms with Crippen molar-refractivity contribution in [3.05, 3.63) is 24.3 Å². The van der Waals surface area contributed by atoms with Crippen LogP contribution in [0.15, 0.2) is 24.3 Å². The van der Waals surface area contributed by atoms with Crippen molar-refractivity contribution in [2.75, 3.05) is 19.8 Å². The molecule has 2 aliphatic rings. The number of unbranched alkanes of at least 4 members (excludes halogenated alkanes) is 9. The van der Waals surface area contributed by atoms with Crippen molar-refractivity contribution < 1.29 is 83.5 Å². The number of hydrogen-bond donors (Lipinski definition) is 10. The molecule has 2 fully saturated rings. The standard InChI is InChI=1S/C34H61O17P/c1-2-3-4-5-6-7-8-9-10-11-12-13-14-15-16-17-18-24(37)47-20-22(36)21-48-52(45,46)51-33-30(43)28(41)27(40)29(42)32(33)50-34-31(44)26(39)25(38)23(19-35)49-34/h7-8,10-11,22-23,25-36,38-44H,2-6,9,12-21H2,1H3,(H,45,46)/b8-7-,11-10-/t22-,23?,25-,26?,27-,28?,29?,30?,31-,32-,33-,34-/m1/s1. The van der Waals surface area contributed by atoms with Crippen LogP contribution in [0.2, 0.25) is 0 Å². The van der Waals surface area contributed by atoms with Crippen LogP contribution in [0.25, 0.3) is 0 Å². The maximum Gasteiger partial charge on any atom is 0.472 e. The van der Waals surface area contributed by atoms with E-state index in [1.807, 2.05) is 0 Å². The molecule has 52 heavy (non-hydrogen) atoms. The quantitative estimate of drug-likeness (QED) is 0.0257. The number of rotatable bonds is 25. The fraction of sp³-hybridized carbons (Fsp3) is 0.853. The lowest BCUT2D eigenvalue weighted by molar-refractivity contribution is -0.338. The van der Waals surface area contributed by atoms with Gasteiger partial charge in [0.05, 0.1) is 13.2 Å². The molecule has 1 saturated heterocycles.